The number of nitrogens with zero attached hydrogens (tertiary/aromatic N) is 3. The Hall–Kier alpha value is -0.960. The van der Waals surface area contributed by atoms with Crippen LogP contribution < -0.4 is 10.0 Å². The Bertz CT molecular complexity index is 607. The number of aromatic nitrogens is 2. The molecular formula is C14H25N5O2S. The van der Waals surface area contributed by atoms with Crippen LogP contribution in [0.2, 0.25) is 0 Å². The van der Waals surface area contributed by atoms with Crippen molar-refractivity contribution >= 4 is 10.0 Å². The molecule has 1 fully saturated rings. The second kappa shape index (κ2) is 6.66. The number of hydrogen-bond donors (Lipinski definition) is 2. The van der Waals surface area contributed by atoms with Gasteiger partial charge in [-0.15, -0.1) is 0 Å². The number of fused-ring (bicyclic) bond motifs is 1. The lowest BCUT2D eigenvalue weighted by Crippen LogP contribution is -2.41. The van der Waals surface area contributed by atoms with Crippen molar-refractivity contribution < 1.29 is 8.42 Å². The molecule has 2 aliphatic heterocycles. The average Bonchev–Trinajstić information content (AvgIpc) is 2.88. The van der Waals surface area contributed by atoms with E-state index in [0.717, 1.165) is 50.9 Å². The molecule has 1 atom stereocenters. The third-order valence-electron chi connectivity index (χ3n) is 4.36. The second-order valence-electron chi connectivity index (χ2n) is 6.39. The van der Waals surface area contributed by atoms with Crippen molar-refractivity contribution in [3.05, 3.63) is 17.5 Å². The van der Waals surface area contributed by atoms with Gasteiger partial charge in [-0.05, 0) is 37.9 Å². The molecule has 0 aromatic carbocycles. The zero-order chi connectivity index (χ0) is 15.6. The lowest BCUT2D eigenvalue weighted by Gasteiger charge is -2.32. The molecule has 0 radical (unpaired) electrons. The summed E-state index contributed by atoms with van der Waals surface area (Å²) in [5.41, 5.74) is 1.97. The van der Waals surface area contributed by atoms with Crippen LogP contribution in [0.25, 0.3) is 0 Å². The number of piperidine rings is 1. The van der Waals surface area contributed by atoms with Gasteiger partial charge in [0.2, 0.25) is 10.0 Å². The van der Waals surface area contributed by atoms with Crippen LogP contribution >= 0.6 is 0 Å². The SMILES string of the molecule is CS(=O)(=O)NCc1cc2n(n1)CCN(C[C@@H]1CCCNC1)C2. The molecule has 1 aromatic heterocycles. The quantitative estimate of drug-likeness (QED) is 0.779. The van der Waals surface area contributed by atoms with Crippen LogP contribution in [0.4, 0.5) is 0 Å². The van der Waals surface area contributed by atoms with Crippen LogP contribution in [0.1, 0.15) is 24.2 Å². The molecule has 2 N–H and O–H groups in total. The first-order valence-corrected chi connectivity index (χ1v) is 9.82. The van der Waals surface area contributed by atoms with Crippen molar-refractivity contribution in [2.75, 3.05) is 32.4 Å². The summed E-state index contributed by atoms with van der Waals surface area (Å²) >= 11 is 0. The lowest BCUT2D eigenvalue weighted by molar-refractivity contribution is 0.168. The van der Waals surface area contributed by atoms with Crippen molar-refractivity contribution in [1.82, 2.24) is 24.7 Å². The summed E-state index contributed by atoms with van der Waals surface area (Å²) in [6.07, 6.45) is 3.76. The van der Waals surface area contributed by atoms with Crippen LogP contribution in [-0.4, -0.2) is 55.5 Å². The second-order valence-corrected chi connectivity index (χ2v) is 8.22. The molecule has 0 unspecified atom stereocenters. The van der Waals surface area contributed by atoms with Crippen LogP contribution in [0.3, 0.4) is 0 Å². The van der Waals surface area contributed by atoms with Gasteiger partial charge in [0.1, 0.15) is 0 Å². The Morgan fingerprint density at radius 3 is 3.05 bits per heavy atom. The van der Waals surface area contributed by atoms with E-state index in [-0.39, 0.29) is 6.54 Å². The highest BCUT2D eigenvalue weighted by molar-refractivity contribution is 7.88. The molecule has 0 spiro atoms. The maximum atomic E-state index is 11.2. The predicted molar refractivity (Wildman–Crippen MR) is 84.8 cm³/mol. The van der Waals surface area contributed by atoms with Crippen LogP contribution in [0.15, 0.2) is 6.07 Å². The predicted octanol–water partition coefficient (Wildman–Crippen LogP) is -0.252. The molecule has 0 amide bonds. The minimum Gasteiger partial charge on any atom is -0.316 e. The van der Waals surface area contributed by atoms with Gasteiger partial charge in [0.15, 0.2) is 0 Å². The van der Waals surface area contributed by atoms with Gasteiger partial charge in [0.25, 0.3) is 0 Å². The third-order valence-corrected chi connectivity index (χ3v) is 5.03. The summed E-state index contributed by atoms with van der Waals surface area (Å²) in [5, 5.41) is 7.95. The third kappa shape index (κ3) is 4.28. The normalized spacial score (nSPS) is 23.4. The van der Waals surface area contributed by atoms with Crippen molar-refractivity contribution in [2.24, 2.45) is 5.92 Å². The van der Waals surface area contributed by atoms with E-state index in [1.54, 1.807) is 0 Å². The Kier molecular flexibility index (Phi) is 4.82. The van der Waals surface area contributed by atoms with Crippen LogP contribution in [-0.2, 0) is 29.7 Å². The first kappa shape index (κ1) is 15.9. The molecule has 1 aromatic rings. The zero-order valence-corrected chi connectivity index (χ0v) is 13.9. The Balaban J connectivity index is 1.57. The summed E-state index contributed by atoms with van der Waals surface area (Å²) in [6.45, 7) is 6.49. The summed E-state index contributed by atoms with van der Waals surface area (Å²) in [5.74, 6) is 0.745. The van der Waals surface area contributed by atoms with Gasteiger partial charge >= 0.3 is 0 Å². The monoisotopic (exact) mass is 327 g/mol. The molecule has 3 heterocycles. The molecule has 7 nitrogen and oxygen atoms in total. The highest BCUT2D eigenvalue weighted by Crippen LogP contribution is 2.18. The van der Waals surface area contributed by atoms with Crippen molar-refractivity contribution in [2.45, 2.75) is 32.5 Å². The smallest absolute Gasteiger partial charge is 0.209 e. The molecule has 0 aliphatic carbocycles. The fraction of sp³-hybridized carbons (Fsp3) is 0.786. The molecule has 0 saturated carbocycles. The summed E-state index contributed by atoms with van der Waals surface area (Å²) in [7, 11) is -3.17. The van der Waals surface area contributed by atoms with E-state index in [1.165, 1.54) is 24.8 Å². The van der Waals surface area contributed by atoms with Crippen molar-refractivity contribution in [1.29, 1.82) is 0 Å². The Morgan fingerprint density at radius 2 is 2.32 bits per heavy atom. The van der Waals surface area contributed by atoms with Gasteiger partial charge in [-0.1, -0.05) is 0 Å². The first-order chi connectivity index (χ1) is 10.5. The molecule has 0 bridgehead atoms. The Morgan fingerprint density at radius 1 is 1.45 bits per heavy atom. The largest absolute Gasteiger partial charge is 0.316 e. The van der Waals surface area contributed by atoms with Gasteiger partial charge in [0, 0.05) is 19.6 Å². The van der Waals surface area contributed by atoms with Gasteiger partial charge in [-0.2, -0.15) is 5.10 Å². The van der Waals surface area contributed by atoms with Crippen LogP contribution in [0.5, 0.6) is 0 Å². The van der Waals surface area contributed by atoms with E-state index in [4.69, 9.17) is 0 Å². The molecule has 2 aliphatic rings. The van der Waals surface area contributed by atoms with Gasteiger partial charge < -0.3 is 5.32 Å². The molecule has 1 saturated heterocycles. The van der Waals surface area contributed by atoms with Gasteiger partial charge in [0.05, 0.1) is 30.7 Å². The maximum absolute atomic E-state index is 11.2. The fourth-order valence-corrected chi connectivity index (χ4v) is 3.68. The Labute approximate surface area is 132 Å². The van der Waals surface area contributed by atoms with E-state index >= 15 is 0 Å². The summed E-state index contributed by atoms with van der Waals surface area (Å²) < 4.78 is 26.8. The number of rotatable bonds is 5. The van der Waals surface area contributed by atoms with E-state index in [0.29, 0.717) is 0 Å². The highest BCUT2D eigenvalue weighted by Gasteiger charge is 2.22. The van der Waals surface area contributed by atoms with Crippen molar-refractivity contribution in [3.63, 3.8) is 0 Å². The van der Waals surface area contributed by atoms with E-state index < -0.39 is 10.0 Å². The van der Waals surface area contributed by atoms with Gasteiger partial charge in [-0.3, -0.25) is 9.58 Å². The number of sulfonamides is 1. The van der Waals surface area contributed by atoms with Gasteiger partial charge in [-0.25, -0.2) is 13.1 Å². The molecular weight excluding hydrogens is 302 g/mol. The van der Waals surface area contributed by atoms with Crippen LogP contribution in [0, 0.1) is 5.92 Å². The van der Waals surface area contributed by atoms with Crippen molar-refractivity contribution in [3.8, 4) is 0 Å². The number of nitrogens with one attached hydrogen (secondary N) is 2. The molecule has 3 rings (SSSR count). The standard InChI is InChI=1S/C14H25N5O2S/c1-22(20,21)16-9-13-7-14-11-18(5-6-19(14)17-13)10-12-3-2-4-15-8-12/h7,12,15-16H,2-6,8-11H2,1H3/t12-/m1/s1. The maximum Gasteiger partial charge on any atom is 0.209 e. The van der Waals surface area contributed by atoms with E-state index in [9.17, 15) is 8.42 Å². The highest BCUT2D eigenvalue weighted by atomic mass is 32.2. The molecule has 124 valence electrons. The minimum atomic E-state index is -3.17. The first-order valence-electron chi connectivity index (χ1n) is 7.93. The zero-order valence-electron chi connectivity index (χ0n) is 13.1. The topological polar surface area (TPSA) is 79.3 Å². The summed E-state index contributed by atoms with van der Waals surface area (Å²) in [4.78, 5) is 2.49. The minimum absolute atomic E-state index is 0.269. The fourth-order valence-electron chi connectivity index (χ4n) is 3.27. The molecule has 8 heteroatoms. The summed E-state index contributed by atoms with van der Waals surface area (Å²) in [6, 6.07) is 2.02. The number of hydrogen-bond acceptors (Lipinski definition) is 5. The van der Waals surface area contributed by atoms with E-state index in [2.05, 4.69) is 20.0 Å². The average molecular weight is 327 g/mol. The molecule has 22 heavy (non-hydrogen) atoms. The lowest BCUT2D eigenvalue weighted by atomic mass is 9.99. The van der Waals surface area contributed by atoms with E-state index in [1.807, 2.05) is 10.7 Å².